The Kier molecular flexibility index (Phi) is 7.42. The van der Waals surface area contributed by atoms with Crippen LogP contribution in [0, 0.1) is 15.9 Å². The fourth-order valence-corrected chi connectivity index (χ4v) is 3.10. The lowest BCUT2D eigenvalue weighted by Crippen LogP contribution is -2.35. The molecule has 0 aliphatic rings. The van der Waals surface area contributed by atoms with Gasteiger partial charge < -0.3 is 4.74 Å². The van der Waals surface area contributed by atoms with Crippen LogP contribution < -0.4 is 0 Å². The Morgan fingerprint density at radius 1 is 1.50 bits per heavy atom. The summed E-state index contributed by atoms with van der Waals surface area (Å²) >= 11 is 5.35. The summed E-state index contributed by atoms with van der Waals surface area (Å²) in [4.78, 5) is 12.3. The Labute approximate surface area is 151 Å². The number of carbonyl (C=O) groups excluding carboxylic acids is 1. The fourth-order valence-electron chi connectivity index (χ4n) is 1.94. The zero-order valence-corrected chi connectivity index (χ0v) is 15.8. The van der Waals surface area contributed by atoms with Crippen LogP contribution in [0.4, 0.5) is 8.78 Å². The minimum Gasteiger partial charge on any atom is -0.374 e. The predicted octanol–water partition coefficient (Wildman–Crippen LogP) is 4.19. The third-order valence-corrected chi connectivity index (χ3v) is 4.62. The zero-order chi connectivity index (χ0) is 16.8. The van der Waals surface area contributed by atoms with Crippen LogP contribution in [0.3, 0.4) is 0 Å². The molecule has 0 saturated carbocycles. The van der Waals surface area contributed by atoms with Gasteiger partial charge in [-0.2, -0.15) is 8.78 Å². The van der Waals surface area contributed by atoms with Crippen LogP contribution in [-0.4, -0.2) is 30.2 Å². The van der Waals surface area contributed by atoms with Gasteiger partial charge in [0.05, 0.1) is 10.7 Å². The molecule has 0 aromatic heterocycles. The Hall–Kier alpha value is -0.520. The maximum atomic E-state index is 12.9. The van der Waals surface area contributed by atoms with Gasteiger partial charge in [-0.15, -0.1) is 6.42 Å². The molecule has 0 amide bonds. The van der Waals surface area contributed by atoms with Crippen molar-refractivity contribution in [3.63, 3.8) is 0 Å². The molecule has 0 saturated heterocycles. The summed E-state index contributed by atoms with van der Waals surface area (Å²) in [5.41, 5.74) is 0.0481. The van der Waals surface area contributed by atoms with Crippen LogP contribution in [0.25, 0.3) is 0 Å². The first kappa shape index (κ1) is 19.5. The maximum Gasteiger partial charge on any atom is 0.330 e. The van der Waals surface area contributed by atoms with Gasteiger partial charge in [0.1, 0.15) is 6.61 Å². The molecule has 0 fully saturated rings. The molecule has 22 heavy (non-hydrogen) atoms. The number of Topliss-reactive ketones (excluding diaryl/α,β-unsaturated/α-hetero) is 1. The summed E-state index contributed by atoms with van der Waals surface area (Å²) in [5.74, 6) is -1.93. The Morgan fingerprint density at radius 3 is 2.73 bits per heavy atom. The lowest BCUT2D eigenvalue weighted by molar-refractivity contribution is -0.122. The molecule has 1 aromatic carbocycles. The van der Waals surface area contributed by atoms with E-state index in [0.717, 1.165) is 9.13 Å². The van der Waals surface area contributed by atoms with E-state index in [0.29, 0.717) is 6.42 Å². The van der Waals surface area contributed by atoms with Gasteiger partial charge in [-0.05, 0) is 59.6 Å². The van der Waals surface area contributed by atoms with E-state index in [4.69, 9.17) is 11.2 Å². The number of ether oxygens (including phenoxy) is 1. The Bertz CT molecular complexity index is 572. The second kappa shape index (κ2) is 8.37. The van der Waals surface area contributed by atoms with Crippen molar-refractivity contribution < 1.29 is 18.3 Å². The highest BCUT2D eigenvalue weighted by molar-refractivity contribution is 14.1. The number of hydrogen-bond donors (Lipinski definition) is 0. The monoisotopic (exact) mass is 484 g/mol. The Balaban J connectivity index is 2.82. The molecule has 0 N–H and O–H groups in total. The molecule has 0 aliphatic heterocycles. The number of benzene rings is 1. The van der Waals surface area contributed by atoms with Crippen LogP contribution >= 0.6 is 38.5 Å². The van der Waals surface area contributed by atoms with Crippen molar-refractivity contribution in [2.24, 2.45) is 0 Å². The summed E-state index contributed by atoms with van der Waals surface area (Å²) in [7, 11) is 0. The van der Waals surface area contributed by atoms with Crippen molar-refractivity contribution in [1.29, 1.82) is 0 Å². The molecule has 0 spiro atoms. The summed E-state index contributed by atoms with van der Waals surface area (Å²) in [5, 5.41) is 0.190. The SMILES string of the molecule is C#CC(F)(F)COCCC(C)(C(=O)CBr)c1cccc(I)c1. The van der Waals surface area contributed by atoms with Crippen LogP contribution in [0.2, 0.25) is 0 Å². The van der Waals surface area contributed by atoms with Crippen LogP contribution in [0.15, 0.2) is 24.3 Å². The minimum atomic E-state index is -3.28. The van der Waals surface area contributed by atoms with E-state index in [2.05, 4.69) is 38.5 Å². The number of carbonyl (C=O) groups is 1. The number of terminal acetylenes is 1. The van der Waals surface area contributed by atoms with Gasteiger partial charge in [-0.3, -0.25) is 4.79 Å². The largest absolute Gasteiger partial charge is 0.374 e. The lowest BCUT2D eigenvalue weighted by atomic mass is 9.76. The van der Waals surface area contributed by atoms with E-state index in [1.165, 1.54) is 5.92 Å². The normalized spacial score (nSPS) is 14.2. The van der Waals surface area contributed by atoms with E-state index in [9.17, 15) is 13.6 Å². The van der Waals surface area contributed by atoms with Gasteiger partial charge in [-0.25, -0.2) is 0 Å². The highest BCUT2D eigenvalue weighted by Gasteiger charge is 2.34. The van der Waals surface area contributed by atoms with Crippen molar-refractivity contribution in [2.75, 3.05) is 18.5 Å². The van der Waals surface area contributed by atoms with Crippen LogP contribution in [0.1, 0.15) is 18.9 Å². The third kappa shape index (κ3) is 5.28. The van der Waals surface area contributed by atoms with E-state index in [1.54, 1.807) is 6.92 Å². The number of halogens is 4. The molecule has 1 unspecified atom stereocenters. The minimum absolute atomic E-state index is 0.0258. The van der Waals surface area contributed by atoms with E-state index in [-0.39, 0.29) is 17.7 Å². The van der Waals surface area contributed by atoms with E-state index >= 15 is 0 Å². The topological polar surface area (TPSA) is 26.3 Å². The van der Waals surface area contributed by atoms with E-state index < -0.39 is 17.9 Å². The van der Waals surface area contributed by atoms with Crippen molar-refractivity contribution in [3.8, 4) is 12.3 Å². The first-order chi connectivity index (χ1) is 10.2. The van der Waals surface area contributed by atoms with E-state index in [1.807, 2.05) is 24.3 Å². The number of ketones is 1. The quantitative estimate of drug-likeness (QED) is 0.239. The lowest BCUT2D eigenvalue weighted by Gasteiger charge is -2.28. The molecule has 2 nitrogen and oxygen atoms in total. The zero-order valence-electron chi connectivity index (χ0n) is 12.0. The van der Waals surface area contributed by atoms with Crippen molar-refractivity contribution >= 4 is 44.3 Å². The fraction of sp³-hybridized carbons (Fsp3) is 0.438. The summed E-state index contributed by atoms with van der Waals surface area (Å²) in [6.45, 7) is 0.983. The average molecular weight is 485 g/mol. The maximum absolute atomic E-state index is 12.9. The molecular weight excluding hydrogens is 469 g/mol. The van der Waals surface area contributed by atoms with Gasteiger partial charge in [-0.1, -0.05) is 28.1 Å². The molecule has 120 valence electrons. The van der Waals surface area contributed by atoms with Crippen molar-refractivity contribution in [2.45, 2.75) is 24.7 Å². The second-order valence-electron chi connectivity index (χ2n) is 5.05. The molecule has 1 aromatic rings. The smallest absolute Gasteiger partial charge is 0.330 e. The standard InChI is InChI=1S/C16H16BrF2IO2/c1-3-16(18,19)11-22-8-7-15(2,14(21)10-17)12-5-4-6-13(20)9-12/h1,4-6,9H,7-8,10-11H2,2H3. The highest BCUT2D eigenvalue weighted by Crippen LogP contribution is 2.31. The second-order valence-corrected chi connectivity index (χ2v) is 6.86. The summed E-state index contributed by atoms with van der Waals surface area (Å²) in [6, 6.07) is 7.56. The van der Waals surface area contributed by atoms with Gasteiger partial charge in [0, 0.05) is 10.2 Å². The highest BCUT2D eigenvalue weighted by atomic mass is 127. The third-order valence-electron chi connectivity index (χ3n) is 3.44. The van der Waals surface area contributed by atoms with Gasteiger partial charge >= 0.3 is 5.92 Å². The van der Waals surface area contributed by atoms with Gasteiger partial charge in [0.15, 0.2) is 5.78 Å². The number of rotatable bonds is 8. The molecule has 0 aliphatic carbocycles. The first-order valence-electron chi connectivity index (χ1n) is 6.54. The molecule has 1 atom stereocenters. The first-order valence-corrected chi connectivity index (χ1v) is 8.74. The van der Waals surface area contributed by atoms with Crippen molar-refractivity contribution in [3.05, 3.63) is 33.4 Å². The van der Waals surface area contributed by atoms with Gasteiger partial charge in [0.25, 0.3) is 0 Å². The van der Waals surface area contributed by atoms with Crippen molar-refractivity contribution in [1.82, 2.24) is 0 Å². The van der Waals surface area contributed by atoms with Gasteiger partial charge in [0.2, 0.25) is 0 Å². The predicted molar refractivity (Wildman–Crippen MR) is 94.5 cm³/mol. The molecule has 6 heteroatoms. The molecule has 1 rings (SSSR count). The molecule has 0 heterocycles. The molecule has 0 bridgehead atoms. The Morgan fingerprint density at radius 2 is 2.18 bits per heavy atom. The van der Waals surface area contributed by atoms with Crippen LogP contribution in [0.5, 0.6) is 0 Å². The number of alkyl halides is 3. The summed E-state index contributed by atoms with van der Waals surface area (Å²) in [6.07, 6.45) is 5.01. The average Bonchev–Trinajstić information content (AvgIpc) is 2.50. The molecular formula is C16H16BrF2IO2. The number of hydrogen-bond acceptors (Lipinski definition) is 2. The summed E-state index contributed by atoms with van der Waals surface area (Å²) < 4.78 is 31.8. The van der Waals surface area contributed by atoms with Crippen LogP contribution in [-0.2, 0) is 14.9 Å². The molecule has 0 radical (unpaired) electrons.